The van der Waals surface area contributed by atoms with Gasteiger partial charge in [0.15, 0.2) is 6.61 Å². The van der Waals surface area contributed by atoms with E-state index in [-0.39, 0.29) is 12.5 Å². The zero-order valence-electron chi connectivity index (χ0n) is 14.2. The lowest BCUT2D eigenvalue weighted by molar-refractivity contribution is -0.123. The highest BCUT2D eigenvalue weighted by molar-refractivity contribution is 6.30. The second kappa shape index (κ2) is 8.94. The van der Waals surface area contributed by atoms with Crippen LogP contribution in [0, 0.1) is 0 Å². The SMILES string of the molecule is COc1ccc(C(C)=NNC(=O)COc2ccc(Cl)cc2)c(OC)c1. The van der Waals surface area contributed by atoms with Crippen LogP contribution in [-0.4, -0.2) is 32.4 Å². The average molecular weight is 363 g/mol. The number of ether oxygens (including phenoxy) is 3. The third-order valence-corrected chi connectivity index (χ3v) is 3.58. The fraction of sp³-hybridized carbons (Fsp3) is 0.222. The van der Waals surface area contributed by atoms with Gasteiger partial charge < -0.3 is 14.2 Å². The van der Waals surface area contributed by atoms with Crippen molar-refractivity contribution in [3.63, 3.8) is 0 Å². The summed E-state index contributed by atoms with van der Waals surface area (Å²) in [5, 5.41) is 4.68. The molecule has 0 spiro atoms. The van der Waals surface area contributed by atoms with Crippen LogP contribution in [0.4, 0.5) is 0 Å². The highest BCUT2D eigenvalue weighted by Gasteiger charge is 2.09. The Labute approximate surface area is 151 Å². The number of hydrazone groups is 1. The topological polar surface area (TPSA) is 69.2 Å². The van der Waals surface area contributed by atoms with Crippen molar-refractivity contribution in [3.05, 3.63) is 53.1 Å². The summed E-state index contributed by atoms with van der Waals surface area (Å²) in [6, 6.07) is 12.1. The van der Waals surface area contributed by atoms with Gasteiger partial charge in [0.2, 0.25) is 0 Å². The van der Waals surface area contributed by atoms with E-state index in [1.165, 1.54) is 0 Å². The zero-order chi connectivity index (χ0) is 18.2. The monoisotopic (exact) mass is 362 g/mol. The number of carbonyl (C=O) groups is 1. The number of hydrogen-bond acceptors (Lipinski definition) is 5. The normalized spacial score (nSPS) is 11.0. The van der Waals surface area contributed by atoms with Gasteiger partial charge in [0.25, 0.3) is 5.91 Å². The maximum Gasteiger partial charge on any atom is 0.277 e. The summed E-state index contributed by atoms with van der Waals surface area (Å²) in [6.07, 6.45) is 0. The lowest BCUT2D eigenvalue weighted by Crippen LogP contribution is -2.25. The van der Waals surface area contributed by atoms with E-state index in [9.17, 15) is 4.79 Å². The third-order valence-electron chi connectivity index (χ3n) is 3.33. The fourth-order valence-electron chi connectivity index (χ4n) is 2.02. The van der Waals surface area contributed by atoms with Gasteiger partial charge in [-0.3, -0.25) is 4.79 Å². The van der Waals surface area contributed by atoms with E-state index >= 15 is 0 Å². The Morgan fingerprint density at radius 1 is 1.08 bits per heavy atom. The predicted molar refractivity (Wildman–Crippen MR) is 96.8 cm³/mol. The molecule has 2 rings (SSSR count). The number of benzene rings is 2. The standard InChI is InChI=1S/C18H19ClN2O4/c1-12(16-9-8-15(23-2)10-17(16)24-3)20-21-18(22)11-25-14-6-4-13(19)5-7-14/h4-10H,11H2,1-3H3,(H,21,22). The Morgan fingerprint density at radius 2 is 1.76 bits per heavy atom. The molecule has 25 heavy (non-hydrogen) atoms. The Morgan fingerprint density at radius 3 is 2.40 bits per heavy atom. The molecule has 0 radical (unpaired) electrons. The van der Waals surface area contributed by atoms with Gasteiger partial charge in [-0.1, -0.05) is 11.6 Å². The van der Waals surface area contributed by atoms with Crippen molar-refractivity contribution < 1.29 is 19.0 Å². The van der Waals surface area contributed by atoms with Gasteiger partial charge in [-0.15, -0.1) is 0 Å². The minimum atomic E-state index is -0.373. The lowest BCUT2D eigenvalue weighted by Gasteiger charge is -2.10. The Bertz CT molecular complexity index is 760. The first kappa shape index (κ1) is 18.6. The summed E-state index contributed by atoms with van der Waals surface area (Å²) in [5.74, 6) is 1.46. The molecular formula is C18H19ClN2O4. The predicted octanol–water partition coefficient (Wildman–Crippen LogP) is 3.28. The van der Waals surface area contributed by atoms with Crippen molar-refractivity contribution in [2.45, 2.75) is 6.92 Å². The molecule has 132 valence electrons. The smallest absolute Gasteiger partial charge is 0.277 e. The molecule has 0 unspecified atom stereocenters. The van der Waals surface area contributed by atoms with Gasteiger partial charge in [0.05, 0.1) is 19.9 Å². The second-order valence-corrected chi connectivity index (χ2v) is 5.48. The van der Waals surface area contributed by atoms with Gasteiger partial charge in [-0.25, -0.2) is 5.43 Å². The quantitative estimate of drug-likeness (QED) is 0.606. The first-order valence-electron chi connectivity index (χ1n) is 7.47. The highest BCUT2D eigenvalue weighted by Crippen LogP contribution is 2.25. The van der Waals surface area contributed by atoms with Crippen LogP contribution >= 0.6 is 11.6 Å². The molecule has 0 aliphatic carbocycles. The molecule has 1 N–H and O–H groups in total. The average Bonchev–Trinajstić information content (AvgIpc) is 2.65. The summed E-state index contributed by atoms with van der Waals surface area (Å²) >= 11 is 5.79. The number of carbonyl (C=O) groups excluding carboxylic acids is 1. The summed E-state index contributed by atoms with van der Waals surface area (Å²) in [5.41, 5.74) is 3.80. The van der Waals surface area contributed by atoms with E-state index < -0.39 is 0 Å². The molecular weight excluding hydrogens is 344 g/mol. The van der Waals surface area contributed by atoms with Crippen LogP contribution in [0.2, 0.25) is 5.02 Å². The molecule has 0 saturated carbocycles. The molecule has 2 aromatic carbocycles. The first-order valence-corrected chi connectivity index (χ1v) is 7.85. The van der Waals surface area contributed by atoms with Crippen LogP contribution in [0.1, 0.15) is 12.5 Å². The molecule has 0 aromatic heterocycles. The zero-order valence-corrected chi connectivity index (χ0v) is 15.0. The number of nitrogens with one attached hydrogen (secondary N) is 1. The van der Waals surface area contributed by atoms with Crippen molar-refractivity contribution in [2.75, 3.05) is 20.8 Å². The Balaban J connectivity index is 1.96. The molecule has 2 aromatic rings. The van der Waals surface area contributed by atoms with E-state index in [0.717, 1.165) is 5.56 Å². The van der Waals surface area contributed by atoms with Crippen molar-refractivity contribution in [1.82, 2.24) is 5.43 Å². The van der Waals surface area contributed by atoms with E-state index in [2.05, 4.69) is 10.5 Å². The summed E-state index contributed by atoms with van der Waals surface area (Å²) in [7, 11) is 3.14. The van der Waals surface area contributed by atoms with Crippen LogP contribution in [0.3, 0.4) is 0 Å². The van der Waals surface area contributed by atoms with E-state index in [1.807, 2.05) is 6.07 Å². The number of nitrogens with zero attached hydrogens (tertiary/aromatic N) is 1. The maximum atomic E-state index is 11.9. The number of hydrogen-bond donors (Lipinski definition) is 1. The van der Waals surface area contributed by atoms with Crippen molar-refractivity contribution in [2.24, 2.45) is 5.10 Å². The molecule has 0 saturated heterocycles. The first-order chi connectivity index (χ1) is 12.0. The van der Waals surface area contributed by atoms with E-state index in [0.29, 0.717) is 28.0 Å². The minimum absolute atomic E-state index is 0.155. The highest BCUT2D eigenvalue weighted by atomic mass is 35.5. The maximum absolute atomic E-state index is 11.9. The van der Waals surface area contributed by atoms with Crippen LogP contribution in [0.25, 0.3) is 0 Å². The number of rotatable bonds is 7. The minimum Gasteiger partial charge on any atom is -0.497 e. The molecule has 0 fully saturated rings. The van der Waals surface area contributed by atoms with Gasteiger partial charge in [0.1, 0.15) is 17.2 Å². The molecule has 0 aliphatic rings. The molecule has 0 heterocycles. The second-order valence-electron chi connectivity index (χ2n) is 5.04. The molecule has 0 aliphatic heterocycles. The van der Waals surface area contributed by atoms with Crippen LogP contribution < -0.4 is 19.6 Å². The third kappa shape index (κ3) is 5.39. The molecule has 0 atom stereocenters. The van der Waals surface area contributed by atoms with Crippen molar-refractivity contribution in [1.29, 1.82) is 0 Å². The summed E-state index contributed by atoms with van der Waals surface area (Å²) < 4.78 is 15.8. The number of methoxy groups -OCH3 is 2. The van der Waals surface area contributed by atoms with Crippen LogP contribution in [0.15, 0.2) is 47.6 Å². The number of amides is 1. The van der Waals surface area contributed by atoms with Crippen LogP contribution in [0.5, 0.6) is 17.2 Å². The van der Waals surface area contributed by atoms with Crippen LogP contribution in [-0.2, 0) is 4.79 Å². The van der Waals surface area contributed by atoms with Gasteiger partial charge in [-0.05, 0) is 43.3 Å². The Kier molecular flexibility index (Phi) is 6.65. The number of halogens is 1. The lowest BCUT2D eigenvalue weighted by atomic mass is 10.1. The van der Waals surface area contributed by atoms with E-state index in [4.69, 9.17) is 25.8 Å². The summed E-state index contributed by atoms with van der Waals surface area (Å²) in [6.45, 7) is 1.61. The van der Waals surface area contributed by atoms with Crippen molar-refractivity contribution >= 4 is 23.2 Å². The molecule has 0 bridgehead atoms. The molecule has 1 amide bonds. The van der Waals surface area contributed by atoms with Crippen molar-refractivity contribution in [3.8, 4) is 17.2 Å². The van der Waals surface area contributed by atoms with Gasteiger partial charge in [-0.2, -0.15) is 5.10 Å². The Hall–Kier alpha value is -2.73. The van der Waals surface area contributed by atoms with Gasteiger partial charge >= 0.3 is 0 Å². The summed E-state index contributed by atoms with van der Waals surface area (Å²) in [4.78, 5) is 11.9. The largest absolute Gasteiger partial charge is 0.497 e. The molecule has 6 nitrogen and oxygen atoms in total. The fourth-order valence-corrected chi connectivity index (χ4v) is 2.14. The van der Waals surface area contributed by atoms with Gasteiger partial charge in [0, 0.05) is 16.7 Å². The molecule has 7 heteroatoms. The van der Waals surface area contributed by atoms with E-state index in [1.54, 1.807) is 57.5 Å².